The van der Waals surface area contributed by atoms with Gasteiger partial charge in [-0.1, -0.05) is 36.7 Å². The maximum Gasteiger partial charge on any atom is 0.265 e. The molecule has 0 bridgehead atoms. The smallest absolute Gasteiger partial charge is 0.265 e. The topological polar surface area (TPSA) is 38.3 Å². The highest BCUT2D eigenvalue weighted by atomic mass is 35.5. The molecule has 0 fully saturated rings. The van der Waals surface area contributed by atoms with Crippen LogP contribution in [0.5, 0.6) is 5.75 Å². The minimum absolute atomic E-state index is 0.164. The van der Waals surface area contributed by atoms with E-state index in [0.29, 0.717) is 17.2 Å². The van der Waals surface area contributed by atoms with Crippen molar-refractivity contribution >= 4 is 23.2 Å². The van der Waals surface area contributed by atoms with Gasteiger partial charge in [0, 0.05) is 10.7 Å². The molecule has 0 spiro atoms. The Kier molecular flexibility index (Phi) is 5.23. The molecule has 0 saturated heterocycles. The number of aryl methyl sites for hydroxylation is 1. The number of nitrogens with one attached hydrogen (secondary N) is 1. The number of hydrogen-bond donors (Lipinski definition) is 1. The highest BCUT2D eigenvalue weighted by Gasteiger charge is 2.18. The van der Waals surface area contributed by atoms with Crippen molar-refractivity contribution in [3.63, 3.8) is 0 Å². The van der Waals surface area contributed by atoms with E-state index in [0.717, 1.165) is 11.3 Å². The Hall–Kier alpha value is -2.00. The van der Waals surface area contributed by atoms with Crippen molar-refractivity contribution in [1.82, 2.24) is 0 Å². The first-order valence-corrected chi connectivity index (χ1v) is 7.26. The normalized spacial score (nSPS) is 11.8. The predicted molar refractivity (Wildman–Crippen MR) is 86.0 cm³/mol. The van der Waals surface area contributed by atoms with Gasteiger partial charge >= 0.3 is 0 Å². The minimum Gasteiger partial charge on any atom is -0.481 e. The summed E-state index contributed by atoms with van der Waals surface area (Å²) in [5.41, 5.74) is 1.87. The van der Waals surface area contributed by atoms with Crippen molar-refractivity contribution in [3.8, 4) is 5.75 Å². The number of rotatable bonds is 5. The first-order chi connectivity index (χ1) is 10.1. The van der Waals surface area contributed by atoms with Gasteiger partial charge in [-0.2, -0.15) is 0 Å². The van der Waals surface area contributed by atoms with Crippen molar-refractivity contribution in [3.05, 3.63) is 59.1 Å². The third-order valence-electron chi connectivity index (χ3n) is 3.02. The molecule has 0 saturated carbocycles. The SMILES string of the molecule is CCC(Oc1cccc(Cl)c1)C(=O)Nc1cccc(C)c1. The summed E-state index contributed by atoms with van der Waals surface area (Å²) in [5.74, 6) is 0.428. The van der Waals surface area contributed by atoms with Crippen LogP contribution < -0.4 is 10.1 Å². The molecule has 0 aliphatic rings. The summed E-state index contributed by atoms with van der Waals surface area (Å²) in [5, 5.41) is 3.46. The molecule has 1 amide bonds. The number of carbonyl (C=O) groups excluding carboxylic acids is 1. The molecular weight excluding hydrogens is 286 g/mol. The van der Waals surface area contributed by atoms with Crippen molar-refractivity contribution < 1.29 is 9.53 Å². The van der Waals surface area contributed by atoms with Crippen LogP contribution in [-0.4, -0.2) is 12.0 Å². The number of ether oxygens (including phenoxy) is 1. The van der Waals surface area contributed by atoms with Gasteiger partial charge < -0.3 is 10.1 Å². The van der Waals surface area contributed by atoms with E-state index in [2.05, 4.69) is 5.32 Å². The third-order valence-corrected chi connectivity index (χ3v) is 3.26. The number of benzene rings is 2. The van der Waals surface area contributed by atoms with E-state index in [-0.39, 0.29) is 5.91 Å². The lowest BCUT2D eigenvalue weighted by Gasteiger charge is -2.17. The van der Waals surface area contributed by atoms with Crippen LogP contribution in [0.3, 0.4) is 0 Å². The summed E-state index contributed by atoms with van der Waals surface area (Å²) in [6, 6.07) is 14.7. The summed E-state index contributed by atoms with van der Waals surface area (Å²) in [6.07, 6.45) is 0.0217. The summed E-state index contributed by atoms with van der Waals surface area (Å²) in [7, 11) is 0. The van der Waals surface area contributed by atoms with Crippen molar-refractivity contribution in [1.29, 1.82) is 0 Å². The fraction of sp³-hybridized carbons (Fsp3) is 0.235. The van der Waals surface area contributed by atoms with Crippen molar-refractivity contribution in [2.75, 3.05) is 5.32 Å². The van der Waals surface area contributed by atoms with Gasteiger partial charge in [0.2, 0.25) is 0 Å². The molecule has 0 radical (unpaired) electrons. The molecule has 110 valence electrons. The first kappa shape index (κ1) is 15.4. The highest BCUT2D eigenvalue weighted by Crippen LogP contribution is 2.20. The zero-order valence-corrected chi connectivity index (χ0v) is 12.9. The number of anilines is 1. The van der Waals surface area contributed by atoms with Crippen LogP contribution in [-0.2, 0) is 4.79 Å². The molecule has 0 aromatic heterocycles. The Morgan fingerprint density at radius 3 is 2.67 bits per heavy atom. The first-order valence-electron chi connectivity index (χ1n) is 6.88. The zero-order valence-electron chi connectivity index (χ0n) is 12.1. The van der Waals surface area contributed by atoms with Crippen LogP contribution in [0.25, 0.3) is 0 Å². The summed E-state index contributed by atoms with van der Waals surface area (Å²) in [6.45, 7) is 3.89. The second-order valence-corrected chi connectivity index (χ2v) is 5.27. The largest absolute Gasteiger partial charge is 0.481 e. The second-order valence-electron chi connectivity index (χ2n) is 4.83. The van der Waals surface area contributed by atoms with Crippen LogP contribution in [0.1, 0.15) is 18.9 Å². The van der Waals surface area contributed by atoms with Crippen LogP contribution in [0, 0.1) is 6.92 Å². The number of carbonyl (C=O) groups is 1. The van der Waals surface area contributed by atoms with E-state index < -0.39 is 6.10 Å². The van der Waals surface area contributed by atoms with E-state index >= 15 is 0 Å². The molecule has 21 heavy (non-hydrogen) atoms. The maximum atomic E-state index is 12.3. The summed E-state index contributed by atoms with van der Waals surface area (Å²) < 4.78 is 5.71. The molecule has 1 N–H and O–H groups in total. The molecular formula is C17H18ClNO2. The molecule has 2 aromatic rings. The van der Waals surface area contributed by atoms with Gasteiger partial charge in [0.15, 0.2) is 6.10 Å². The molecule has 0 heterocycles. The van der Waals surface area contributed by atoms with Crippen LogP contribution in [0.15, 0.2) is 48.5 Å². The van der Waals surface area contributed by atoms with Crippen LogP contribution in [0.2, 0.25) is 5.02 Å². The third kappa shape index (κ3) is 4.50. The predicted octanol–water partition coefficient (Wildman–Crippen LogP) is 4.44. The van der Waals surface area contributed by atoms with Gasteiger partial charge in [0.1, 0.15) is 5.75 Å². The number of amides is 1. The minimum atomic E-state index is -0.552. The molecule has 1 atom stereocenters. The molecule has 0 aliphatic heterocycles. The van der Waals surface area contributed by atoms with Crippen molar-refractivity contribution in [2.24, 2.45) is 0 Å². The van der Waals surface area contributed by atoms with Crippen LogP contribution >= 0.6 is 11.6 Å². The molecule has 2 aromatic carbocycles. The average Bonchev–Trinajstić information content (AvgIpc) is 2.44. The van der Waals surface area contributed by atoms with Gasteiger partial charge in [0.25, 0.3) is 5.91 Å². The van der Waals surface area contributed by atoms with E-state index in [1.807, 2.05) is 38.1 Å². The van der Waals surface area contributed by atoms with Gasteiger partial charge in [-0.25, -0.2) is 0 Å². The number of halogens is 1. The standard InChI is InChI=1S/C17H18ClNO2/c1-3-16(21-15-9-5-7-13(18)11-15)17(20)19-14-8-4-6-12(2)10-14/h4-11,16H,3H2,1-2H3,(H,19,20). The van der Waals surface area contributed by atoms with E-state index in [9.17, 15) is 4.79 Å². The molecule has 3 nitrogen and oxygen atoms in total. The summed E-state index contributed by atoms with van der Waals surface area (Å²) >= 11 is 5.92. The Bertz CT molecular complexity index is 628. The van der Waals surface area contributed by atoms with E-state index in [1.165, 1.54) is 0 Å². The van der Waals surface area contributed by atoms with Crippen LogP contribution in [0.4, 0.5) is 5.69 Å². The zero-order chi connectivity index (χ0) is 15.2. The molecule has 2 rings (SSSR count). The number of hydrogen-bond acceptors (Lipinski definition) is 2. The lowest BCUT2D eigenvalue weighted by molar-refractivity contribution is -0.122. The Morgan fingerprint density at radius 2 is 2.00 bits per heavy atom. The fourth-order valence-electron chi connectivity index (χ4n) is 1.97. The van der Waals surface area contributed by atoms with Crippen molar-refractivity contribution in [2.45, 2.75) is 26.4 Å². The fourth-order valence-corrected chi connectivity index (χ4v) is 2.15. The van der Waals surface area contributed by atoms with Gasteiger partial charge in [0.05, 0.1) is 0 Å². The Balaban J connectivity index is 2.05. The van der Waals surface area contributed by atoms with E-state index in [1.54, 1.807) is 24.3 Å². The van der Waals surface area contributed by atoms with Gasteiger partial charge in [-0.15, -0.1) is 0 Å². The lowest BCUT2D eigenvalue weighted by atomic mass is 10.2. The highest BCUT2D eigenvalue weighted by molar-refractivity contribution is 6.30. The van der Waals surface area contributed by atoms with Gasteiger partial charge in [-0.05, 0) is 49.2 Å². The molecule has 1 unspecified atom stereocenters. The second kappa shape index (κ2) is 7.14. The van der Waals surface area contributed by atoms with E-state index in [4.69, 9.17) is 16.3 Å². The average molecular weight is 304 g/mol. The molecule has 0 aliphatic carbocycles. The quantitative estimate of drug-likeness (QED) is 0.886. The Morgan fingerprint density at radius 1 is 1.24 bits per heavy atom. The summed E-state index contributed by atoms with van der Waals surface area (Å²) in [4.78, 5) is 12.3. The molecule has 4 heteroatoms. The lowest BCUT2D eigenvalue weighted by Crippen LogP contribution is -2.32. The van der Waals surface area contributed by atoms with Gasteiger partial charge in [-0.3, -0.25) is 4.79 Å². The maximum absolute atomic E-state index is 12.3. The Labute approximate surface area is 129 Å². The monoisotopic (exact) mass is 303 g/mol.